The number of hydrogen-bond acceptors (Lipinski definition) is 5. The number of halogens is 1. The minimum atomic E-state index is -0.102. The average molecular weight is 495 g/mol. The monoisotopic (exact) mass is 494 g/mol. The van der Waals surface area contributed by atoms with Crippen molar-refractivity contribution in [2.75, 3.05) is 13.7 Å². The van der Waals surface area contributed by atoms with Gasteiger partial charge in [0.2, 0.25) is 0 Å². The van der Waals surface area contributed by atoms with E-state index in [1.165, 1.54) is 0 Å². The molecule has 1 saturated heterocycles. The second-order valence-electron chi connectivity index (χ2n) is 7.88. The van der Waals surface area contributed by atoms with Gasteiger partial charge in [-0.1, -0.05) is 18.2 Å². The fourth-order valence-corrected chi connectivity index (χ4v) is 4.81. The normalized spacial score (nSPS) is 16.4. The van der Waals surface area contributed by atoms with Crippen LogP contribution in [0, 0.1) is 0 Å². The molecule has 2 aromatic heterocycles. The molecule has 0 N–H and O–H groups in total. The second kappa shape index (κ2) is 8.88. The summed E-state index contributed by atoms with van der Waals surface area (Å²) in [5.41, 5.74) is 3.34. The third kappa shape index (κ3) is 3.96. The van der Waals surface area contributed by atoms with Crippen LogP contribution >= 0.6 is 15.9 Å². The first-order chi connectivity index (χ1) is 15.6. The van der Waals surface area contributed by atoms with Crippen LogP contribution in [0.1, 0.15) is 31.1 Å². The first-order valence-electron chi connectivity index (χ1n) is 10.6. The maximum atomic E-state index is 13.4. The van der Waals surface area contributed by atoms with Crippen molar-refractivity contribution in [3.8, 4) is 16.9 Å². The molecule has 1 fully saturated rings. The Morgan fingerprint density at radius 2 is 2.16 bits per heavy atom. The summed E-state index contributed by atoms with van der Waals surface area (Å²) in [6.07, 6.45) is 8.54. The van der Waals surface area contributed by atoms with Gasteiger partial charge >= 0.3 is 0 Å². The van der Waals surface area contributed by atoms with Gasteiger partial charge in [-0.25, -0.2) is 9.67 Å². The van der Waals surface area contributed by atoms with E-state index in [-0.39, 0.29) is 11.8 Å². The highest BCUT2D eigenvalue weighted by Crippen LogP contribution is 2.33. The maximum absolute atomic E-state index is 13.4. The van der Waals surface area contributed by atoms with E-state index in [1.54, 1.807) is 18.0 Å². The lowest BCUT2D eigenvalue weighted by molar-refractivity contribution is -0.0394. The fraction of sp³-hybridized carbons (Fsp3) is 0.292. The van der Waals surface area contributed by atoms with Crippen molar-refractivity contribution < 1.29 is 9.47 Å². The molecule has 1 aliphatic rings. The molecule has 7 nitrogen and oxygen atoms in total. The van der Waals surface area contributed by atoms with Crippen LogP contribution in [0.3, 0.4) is 0 Å². The van der Waals surface area contributed by atoms with Gasteiger partial charge in [-0.2, -0.15) is 5.10 Å². The highest BCUT2D eigenvalue weighted by molar-refractivity contribution is 9.10. The lowest BCUT2D eigenvalue weighted by atomic mass is 10.1. The Bertz CT molecular complexity index is 1320. The molecular formula is C24H23BrN4O3. The minimum absolute atomic E-state index is 0.0292. The molecule has 0 radical (unpaired) electrons. The second-order valence-corrected chi connectivity index (χ2v) is 8.67. The Kier molecular flexibility index (Phi) is 5.80. The van der Waals surface area contributed by atoms with Crippen LogP contribution < -0.4 is 10.3 Å². The topological polar surface area (TPSA) is 71.2 Å². The van der Waals surface area contributed by atoms with Gasteiger partial charge in [-0.3, -0.25) is 9.36 Å². The first kappa shape index (κ1) is 20.9. The summed E-state index contributed by atoms with van der Waals surface area (Å²) >= 11 is 3.68. The molecule has 164 valence electrons. The molecule has 8 heteroatoms. The van der Waals surface area contributed by atoms with Gasteiger partial charge < -0.3 is 9.47 Å². The van der Waals surface area contributed by atoms with Crippen LogP contribution in [0.2, 0.25) is 0 Å². The van der Waals surface area contributed by atoms with Gasteiger partial charge in [0.15, 0.2) is 0 Å². The zero-order chi connectivity index (χ0) is 22.1. The number of rotatable bonds is 5. The molecule has 1 aliphatic heterocycles. The number of aromatic nitrogens is 4. The molecule has 0 spiro atoms. The van der Waals surface area contributed by atoms with Crippen molar-refractivity contribution in [3.63, 3.8) is 0 Å². The fourth-order valence-electron chi connectivity index (χ4n) is 4.07. The molecule has 0 saturated carbocycles. The lowest BCUT2D eigenvalue weighted by Crippen LogP contribution is -2.21. The highest BCUT2D eigenvalue weighted by atomic mass is 79.9. The van der Waals surface area contributed by atoms with Crippen LogP contribution in [0.5, 0.6) is 5.75 Å². The Labute approximate surface area is 193 Å². The van der Waals surface area contributed by atoms with Gasteiger partial charge in [0, 0.05) is 22.8 Å². The van der Waals surface area contributed by atoms with Crippen LogP contribution in [-0.2, 0) is 11.3 Å². The summed E-state index contributed by atoms with van der Waals surface area (Å²) in [6.45, 7) is 1.17. The number of hydrogen-bond donors (Lipinski definition) is 0. The predicted octanol–water partition coefficient (Wildman–Crippen LogP) is 4.78. The van der Waals surface area contributed by atoms with Crippen molar-refractivity contribution in [1.29, 1.82) is 0 Å². The number of benzene rings is 2. The molecule has 32 heavy (non-hydrogen) atoms. The quantitative estimate of drug-likeness (QED) is 0.399. The standard InChI is InChI=1S/C24H23BrN4O3/c1-31-18-6-4-5-16(11-18)13-28-15-26-20-9-8-19(23(25)22(20)24(28)30)17-12-27-29(14-17)21-7-2-3-10-32-21/h4-6,8-9,11-12,14-15,21H,2-3,7,10,13H2,1H3. The van der Waals surface area contributed by atoms with Gasteiger partial charge in [0.25, 0.3) is 5.56 Å². The van der Waals surface area contributed by atoms with E-state index in [0.29, 0.717) is 17.4 Å². The van der Waals surface area contributed by atoms with Crippen LogP contribution in [0.4, 0.5) is 0 Å². The first-order valence-corrected chi connectivity index (χ1v) is 11.4. The number of methoxy groups -OCH3 is 1. The van der Waals surface area contributed by atoms with E-state index in [2.05, 4.69) is 26.0 Å². The molecule has 0 bridgehead atoms. The van der Waals surface area contributed by atoms with E-state index in [1.807, 2.05) is 53.5 Å². The van der Waals surface area contributed by atoms with E-state index >= 15 is 0 Å². The van der Waals surface area contributed by atoms with Crippen LogP contribution in [0.15, 0.2) is 64.4 Å². The lowest BCUT2D eigenvalue weighted by Gasteiger charge is -2.22. The van der Waals surface area contributed by atoms with Gasteiger partial charge in [-0.15, -0.1) is 0 Å². The molecule has 0 amide bonds. The predicted molar refractivity (Wildman–Crippen MR) is 126 cm³/mol. The summed E-state index contributed by atoms with van der Waals surface area (Å²) in [4.78, 5) is 17.9. The summed E-state index contributed by atoms with van der Waals surface area (Å²) in [5.74, 6) is 0.756. The summed E-state index contributed by atoms with van der Waals surface area (Å²) in [7, 11) is 1.63. The molecule has 1 atom stereocenters. The molecule has 1 unspecified atom stereocenters. The van der Waals surface area contributed by atoms with E-state index in [0.717, 1.165) is 52.8 Å². The molecule has 5 rings (SSSR count). The Morgan fingerprint density at radius 3 is 2.97 bits per heavy atom. The van der Waals surface area contributed by atoms with Gasteiger partial charge in [-0.05, 0) is 64.5 Å². The highest BCUT2D eigenvalue weighted by Gasteiger charge is 2.19. The Hall–Kier alpha value is -2.97. The smallest absolute Gasteiger partial charge is 0.262 e. The van der Waals surface area contributed by atoms with Crippen LogP contribution in [0.25, 0.3) is 22.0 Å². The largest absolute Gasteiger partial charge is 0.497 e. The Morgan fingerprint density at radius 1 is 1.25 bits per heavy atom. The van der Waals surface area contributed by atoms with E-state index in [9.17, 15) is 4.79 Å². The number of ether oxygens (including phenoxy) is 2. The molecule has 0 aliphatic carbocycles. The molecule has 2 aromatic carbocycles. The summed E-state index contributed by atoms with van der Waals surface area (Å²) in [6, 6.07) is 11.5. The minimum Gasteiger partial charge on any atom is -0.497 e. The molecular weight excluding hydrogens is 472 g/mol. The van der Waals surface area contributed by atoms with Crippen LogP contribution in [-0.4, -0.2) is 33.0 Å². The van der Waals surface area contributed by atoms with Crippen molar-refractivity contribution >= 4 is 26.8 Å². The molecule has 4 aromatic rings. The third-order valence-electron chi connectivity index (χ3n) is 5.78. The van der Waals surface area contributed by atoms with Gasteiger partial charge in [0.05, 0.1) is 37.1 Å². The Balaban J connectivity index is 1.52. The van der Waals surface area contributed by atoms with Crippen molar-refractivity contribution in [3.05, 3.63) is 75.5 Å². The van der Waals surface area contributed by atoms with Crippen molar-refractivity contribution in [2.45, 2.75) is 32.0 Å². The maximum Gasteiger partial charge on any atom is 0.262 e. The average Bonchev–Trinajstić information content (AvgIpc) is 3.32. The zero-order valence-corrected chi connectivity index (χ0v) is 19.3. The van der Waals surface area contributed by atoms with E-state index < -0.39 is 0 Å². The number of nitrogens with zero attached hydrogens (tertiary/aromatic N) is 4. The van der Waals surface area contributed by atoms with Crippen molar-refractivity contribution in [2.24, 2.45) is 0 Å². The summed E-state index contributed by atoms with van der Waals surface area (Å²) < 4.78 is 15.3. The number of fused-ring (bicyclic) bond motifs is 1. The third-order valence-corrected chi connectivity index (χ3v) is 6.60. The van der Waals surface area contributed by atoms with E-state index in [4.69, 9.17) is 9.47 Å². The zero-order valence-electron chi connectivity index (χ0n) is 17.7. The SMILES string of the molecule is COc1cccc(Cn2cnc3ccc(-c4cnn(C5CCCCO5)c4)c(Br)c3c2=O)c1. The van der Waals surface area contributed by atoms with Crippen molar-refractivity contribution in [1.82, 2.24) is 19.3 Å². The molecule has 3 heterocycles. The van der Waals surface area contributed by atoms with Gasteiger partial charge in [0.1, 0.15) is 12.0 Å². The summed E-state index contributed by atoms with van der Waals surface area (Å²) in [5, 5.41) is 5.06.